The third-order valence-corrected chi connectivity index (χ3v) is 3.39. The Balaban J connectivity index is 2.71. The smallest absolute Gasteiger partial charge is 0.201 e. The Labute approximate surface area is 102 Å². The lowest BCUT2D eigenvalue weighted by Crippen LogP contribution is -2.41. The minimum atomic E-state index is -0.338. The molecule has 0 unspecified atom stereocenters. The molecule has 0 bridgehead atoms. The number of ether oxygens (including phenoxy) is 1. The second kappa shape index (κ2) is 3.31. The Morgan fingerprint density at radius 2 is 1.71 bits per heavy atom. The van der Waals surface area contributed by atoms with Gasteiger partial charge >= 0.3 is 0 Å². The summed E-state index contributed by atoms with van der Waals surface area (Å²) in [5.74, 6) is 0.201. The molecular formula is C14H20O3. The molecular weight excluding hydrogens is 216 g/mol. The van der Waals surface area contributed by atoms with Crippen molar-refractivity contribution in [1.82, 2.24) is 0 Å². The summed E-state index contributed by atoms with van der Waals surface area (Å²) in [5.41, 5.74) is 1.23. The van der Waals surface area contributed by atoms with E-state index in [0.717, 1.165) is 12.0 Å². The number of hydrogen-bond donors (Lipinski definition) is 2. The summed E-state index contributed by atoms with van der Waals surface area (Å²) in [5, 5.41) is 19.8. The summed E-state index contributed by atoms with van der Waals surface area (Å²) in [4.78, 5) is 0. The molecule has 2 rings (SSSR count). The number of benzene rings is 1. The van der Waals surface area contributed by atoms with Crippen LogP contribution in [-0.2, 0) is 5.41 Å². The van der Waals surface area contributed by atoms with E-state index in [0.29, 0.717) is 11.3 Å². The molecule has 3 nitrogen and oxygen atoms in total. The van der Waals surface area contributed by atoms with Crippen LogP contribution in [0, 0.1) is 6.92 Å². The first-order chi connectivity index (χ1) is 7.64. The standard InChI is InChI=1S/C14H20O3/c1-8-6-9-12(11(16)10(8)15)17-14(4,5)7-13(9,2)3/h6,15-16H,7H2,1-5H3. The first-order valence-corrected chi connectivity index (χ1v) is 5.89. The molecule has 1 aromatic carbocycles. The maximum atomic E-state index is 10.0. The normalized spacial score (nSPS) is 20.5. The molecule has 0 fully saturated rings. The highest BCUT2D eigenvalue weighted by atomic mass is 16.5. The summed E-state index contributed by atoms with van der Waals surface area (Å²) in [7, 11) is 0. The highest BCUT2D eigenvalue weighted by molar-refractivity contribution is 5.60. The SMILES string of the molecule is Cc1cc2c(c(O)c1O)OC(C)(C)CC2(C)C. The van der Waals surface area contributed by atoms with Gasteiger partial charge in [-0.1, -0.05) is 13.8 Å². The van der Waals surface area contributed by atoms with Crippen molar-refractivity contribution in [3.05, 3.63) is 17.2 Å². The highest BCUT2D eigenvalue weighted by Gasteiger charge is 2.41. The Kier molecular flexibility index (Phi) is 2.35. The molecule has 0 radical (unpaired) electrons. The van der Waals surface area contributed by atoms with Crippen LogP contribution in [0.25, 0.3) is 0 Å². The zero-order valence-corrected chi connectivity index (χ0v) is 11.1. The zero-order valence-electron chi connectivity index (χ0n) is 11.1. The van der Waals surface area contributed by atoms with E-state index in [9.17, 15) is 10.2 Å². The van der Waals surface area contributed by atoms with E-state index in [4.69, 9.17) is 4.74 Å². The first-order valence-electron chi connectivity index (χ1n) is 5.89. The molecule has 1 aliphatic rings. The van der Waals surface area contributed by atoms with Gasteiger partial charge in [0.25, 0.3) is 0 Å². The van der Waals surface area contributed by atoms with Crippen LogP contribution in [0.4, 0.5) is 0 Å². The molecule has 0 aliphatic carbocycles. The van der Waals surface area contributed by atoms with Crippen LogP contribution >= 0.6 is 0 Å². The lowest BCUT2D eigenvalue weighted by molar-refractivity contribution is 0.0494. The van der Waals surface area contributed by atoms with Crippen LogP contribution in [0.2, 0.25) is 0 Å². The molecule has 94 valence electrons. The molecule has 0 atom stereocenters. The van der Waals surface area contributed by atoms with Crippen molar-refractivity contribution in [1.29, 1.82) is 0 Å². The molecule has 0 amide bonds. The predicted molar refractivity (Wildman–Crippen MR) is 66.9 cm³/mol. The largest absolute Gasteiger partial charge is 0.504 e. The number of phenols is 2. The molecule has 1 aliphatic heterocycles. The number of phenolic OH excluding ortho intramolecular Hbond substituents is 2. The Hall–Kier alpha value is -1.38. The van der Waals surface area contributed by atoms with Crippen molar-refractivity contribution in [3.63, 3.8) is 0 Å². The first kappa shape index (κ1) is 12.1. The Morgan fingerprint density at radius 3 is 2.29 bits per heavy atom. The topological polar surface area (TPSA) is 49.7 Å². The second-order valence-electron chi connectivity index (χ2n) is 6.19. The third-order valence-electron chi connectivity index (χ3n) is 3.39. The average Bonchev–Trinajstić information content (AvgIpc) is 2.15. The Bertz CT molecular complexity index is 473. The summed E-state index contributed by atoms with van der Waals surface area (Å²) in [6.45, 7) is 10.0. The molecule has 17 heavy (non-hydrogen) atoms. The van der Waals surface area contributed by atoms with Crippen molar-refractivity contribution in [2.24, 2.45) is 0 Å². The van der Waals surface area contributed by atoms with Gasteiger partial charge in [-0.3, -0.25) is 0 Å². The van der Waals surface area contributed by atoms with Crippen LogP contribution in [0.5, 0.6) is 17.2 Å². The van der Waals surface area contributed by atoms with Crippen LogP contribution in [-0.4, -0.2) is 15.8 Å². The van der Waals surface area contributed by atoms with Gasteiger partial charge in [0.05, 0.1) is 0 Å². The number of aromatic hydroxyl groups is 2. The average molecular weight is 236 g/mol. The van der Waals surface area contributed by atoms with Crippen LogP contribution in [0.15, 0.2) is 6.07 Å². The monoisotopic (exact) mass is 236 g/mol. The lowest BCUT2D eigenvalue weighted by Gasteiger charge is -2.42. The molecule has 3 heteroatoms. The molecule has 1 aromatic rings. The highest BCUT2D eigenvalue weighted by Crippen LogP contribution is 2.52. The van der Waals surface area contributed by atoms with E-state index in [1.807, 2.05) is 19.9 Å². The molecule has 0 aromatic heterocycles. The van der Waals surface area contributed by atoms with Gasteiger partial charge in [0, 0.05) is 5.56 Å². The Morgan fingerprint density at radius 1 is 1.12 bits per heavy atom. The maximum Gasteiger partial charge on any atom is 0.201 e. The van der Waals surface area contributed by atoms with Crippen molar-refractivity contribution in [3.8, 4) is 17.2 Å². The van der Waals surface area contributed by atoms with Gasteiger partial charge in [0.15, 0.2) is 11.5 Å². The van der Waals surface area contributed by atoms with E-state index in [-0.39, 0.29) is 22.5 Å². The summed E-state index contributed by atoms with van der Waals surface area (Å²) < 4.78 is 5.81. The second-order valence-corrected chi connectivity index (χ2v) is 6.19. The lowest BCUT2D eigenvalue weighted by atomic mass is 9.73. The number of hydrogen-bond acceptors (Lipinski definition) is 3. The predicted octanol–water partition coefficient (Wildman–Crippen LogP) is 3.24. The van der Waals surface area contributed by atoms with Gasteiger partial charge in [-0.15, -0.1) is 0 Å². The van der Waals surface area contributed by atoms with Crippen molar-refractivity contribution in [2.75, 3.05) is 0 Å². The molecule has 2 N–H and O–H groups in total. The van der Waals surface area contributed by atoms with E-state index in [2.05, 4.69) is 13.8 Å². The van der Waals surface area contributed by atoms with Gasteiger partial charge in [-0.05, 0) is 44.2 Å². The fourth-order valence-corrected chi connectivity index (χ4v) is 2.85. The van der Waals surface area contributed by atoms with E-state index < -0.39 is 0 Å². The van der Waals surface area contributed by atoms with Gasteiger partial charge < -0.3 is 14.9 Å². The van der Waals surface area contributed by atoms with E-state index in [1.54, 1.807) is 6.92 Å². The van der Waals surface area contributed by atoms with Crippen molar-refractivity contribution in [2.45, 2.75) is 52.1 Å². The zero-order chi connectivity index (χ0) is 13.0. The summed E-state index contributed by atoms with van der Waals surface area (Å²) in [6, 6.07) is 1.90. The molecule has 1 heterocycles. The van der Waals surface area contributed by atoms with Crippen LogP contribution < -0.4 is 4.74 Å². The molecule has 0 saturated carbocycles. The van der Waals surface area contributed by atoms with Crippen molar-refractivity contribution < 1.29 is 14.9 Å². The van der Waals surface area contributed by atoms with E-state index in [1.165, 1.54) is 0 Å². The summed E-state index contributed by atoms with van der Waals surface area (Å²) in [6.07, 6.45) is 0.872. The maximum absolute atomic E-state index is 10.0. The van der Waals surface area contributed by atoms with Gasteiger partial charge in [0.1, 0.15) is 5.60 Å². The minimum Gasteiger partial charge on any atom is -0.504 e. The number of rotatable bonds is 0. The summed E-state index contributed by atoms with van der Waals surface area (Å²) >= 11 is 0. The van der Waals surface area contributed by atoms with Crippen LogP contribution in [0.1, 0.15) is 45.2 Å². The van der Waals surface area contributed by atoms with Gasteiger partial charge in [-0.25, -0.2) is 0 Å². The quantitative estimate of drug-likeness (QED) is 0.680. The third kappa shape index (κ3) is 1.84. The van der Waals surface area contributed by atoms with E-state index >= 15 is 0 Å². The fourth-order valence-electron chi connectivity index (χ4n) is 2.85. The minimum absolute atomic E-state index is 0.0764. The van der Waals surface area contributed by atoms with Gasteiger partial charge in [-0.2, -0.15) is 0 Å². The van der Waals surface area contributed by atoms with Crippen LogP contribution in [0.3, 0.4) is 0 Å². The van der Waals surface area contributed by atoms with Gasteiger partial charge in [0.2, 0.25) is 5.75 Å². The fraction of sp³-hybridized carbons (Fsp3) is 0.571. The number of aryl methyl sites for hydroxylation is 1. The number of fused-ring (bicyclic) bond motifs is 1. The molecule has 0 saturated heterocycles. The van der Waals surface area contributed by atoms with Crippen molar-refractivity contribution >= 4 is 0 Å². The molecule has 0 spiro atoms.